The summed E-state index contributed by atoms with van der Waals surface area (Å²) in [7, 11) is 0. The van der Waals surface area contributed by atoms with Crippen LogP contribution >= 0.6 is 0 Å². The van der Waals surface area contributed by atoms with Gasteiger partial charge in [-0.05, 0) is 31.7 Å². The van der Waals surface area contributed by atoms with E-state index in [0.717, 1.165) is 42.5 Å². The Morgan fingerprint density at radius 2 is 1.32 bits per heavy atom. The molecule has 1 N–H and O–H groups in total. The minimum atomic E-state index is -0.381. The van der Waals surface area contributed by atoms with Crippen molar-refractivity contribution in [2.45, 2.75) is 32.1 Å². The van der Waals surface area contributed by atoms with E-state index >= 15 is 0 Å². The van der Waals surface area contributed by atoms with Crippen molar-refractivity contribution >= 4 is 11.6 Å². The monoisotopic (exact) mass is 370 g/mol. The molecule has 28 heavy (non-hydrogen) atoms. The van der Waals surface area contributed by atoms with E-state index < -0.39 is 0 Å². The fraction of sp³-hybridized carbons (Fsp3) is 0.217. The molecule has 5 nitrogen and oxygen atoms in total. The van der Waals surface area contributed by atoms with Gasteiger partial charge >= 0.3 is 5.91 Å². The third kappa shape index (κ3) is 4.31. The van der Waals surface area contributed by atoms with Gasteiger partial charge < -0.3 is 0 Å². The maximum Gasteiger partial charge on any atom is 0.309 e. The predicted molar refractivity (Wildman–Crippen MR) is 111 cm³/mol. The number of aromatic nitrogens is 2. The molecule has 0 spiro atoms. The van der Waals surface area contributed by atoms with Gasteiger partial charge in [0.2, 0.25) is 5.82 Å². The van der Waals surface area contributed by atoms with Gasteiger partial charge in [0.05, 0.1) is 11.4 Å². The summed E-state index contributed by atoms with van der Waals surface area (Å²) in [6, 6.07) is 21.5. The first-order valence-electron chi connectivity index (χ1n) is 9.65. The second-order valence-corrected chi connectivity index (χ2v) is 6.87. The molecule has 0 bridgehead atoms. The fourth-order valence-electron chi connectivity index (χ4n) is 3.31. The van der Waals surface area contributed by atoms with Crippen LogP contribution in [0.25, 0.3) is 22.5 Å². The van der Waals surface area contributed by atoms with Crippen LogP contribution in [0, 0.1) is 0 Å². The molecule has 1 aliphatic carbocycles. The molecule has 1 fully saturated rings. The largest absolute Gasteiger partial charge is 0.309 e. The van der Waals surface area contributed by atoms with E-state index in [0.29, 0.717) is 11.4 Å². The summed E-state index contributed by atoms with van der Waals surface area (Å²) in [5.41, 5.74) is 7.00. The van der Waals surface area contributed by atoms with Crippen LogP contribution in [0.3, 0.4) is 0 Å². The molecule has 0 aliphatic heterocycles. The molecule has 2 aromatic carbocycles. The second-order valence-electron chi connectivity index (χ2n) is 6.87. The van der Waals surface area contributed by atoms with Crippen molar-refractivity contribution in [3.8, 4) is 22.5 Å². The second kappa shape index (κ2) is 8.57. The zero-order valence-electron chi connectivity index (χ0n) is 15.6. The highest BCUT2D eigenvalue weighted by molar-refractivity contribution is 5.93. The van der Waals surface area contributed by atoms with E-state index in [4.69, 9.17) is 0 Å². The maximum absolute atomic E-state index is 12.7. The van der Waals surface area contributed by atoms with E-state index in [-0.39, 0.29) is 11.7 Å². The Morgan fingerprint density at radius 1 is 0.786 bits per heavy atom. The average molecular weight is 370 g/mol. The van der Waals surface area contributed by atoms with E-state index in [2.05, 4.69) is 20.5 Å². The SMILES string of the molecule is O=C(NN=C1CCCCC1)c1nc(-c2ccccc2)cc(-c2ccccc2)n1. The molecule has 140 valence electrons. The lowest BCUT2D eigenvalue weighted by Gasteiger charge is -2.12. The third-order valence-corrected chi connectivity index (χ3v) is 4.81. The number of amides is 1. The average Bonchev–Trinajstić information content (AvgIpc) is 2.79. The van der Waals surface area contributed by atoms with Gasteiger partial charge in [0.25, 0.3) is 0 Å². The Kier molecular flexibility index (Phi) is 5.52. The summed E-state index contributed by atoms with van der Waals surface area (Å²) in [5.74, 6) is -0.256. The van der Waals surface area contributed by atoms with Crippen LogP contribution in [0.15, 0.2) is 71.8 Å². The van der Waals surface area contributed by atoms with Crippen molar-refractivity contribution in [1.82, 2.24) is 15.4 Å². The first kappa shape index (κ1) is 18.0. The molecule has 0 saturated heterocycles. The number of hydrogen-bond donors (Lipinski definition) is 1. The quantitative estimate of drug-likeness (QED) is 0.667. The zero-order valence-corrected chi connectivity index (χ0v) is 15.6. The fourth-order valence-corrected chi connectivity index (χ4v) is 3.31. The first-order chi connectivity index (χ1) is 13.8. The maximum atomic E-state index is 12.7. The van der Waals surface area contributed by atoms with Gasteiger partial charge in [-0.1, -0.05) is 67.1 Å². The van der Waals surface area contributed by atoms with Gasteiger partial charge in [-0.3, -0.25) is 4.79 Å². The molecule has 0 atom stereocenters. The van der Waals surface area contributed by atoms with Gasteiger partial charge in [0.1, 0.15) is 0 Å². The van der Waals surface area contributed by atoms with Gasteiger partial charge in [0.15, 0.2) is 0 Å². The number of benzene rings is 2. The summed E-state index contributed by atoms with van der Waals surface area (Å²) in [4.78, 5) is 21.7. The molecular weight excluding hydrogens is 348 g/mol. The summed E-state index contributed by atoms with van der Waals surface area (Å²) in [6.45, 7) is 0. The van der Waals surface area contributed by atoms with E-state index in [9.17, 15) is 4.79 Å². The highest BCUT2D eigenvalue weighted by Crippen LogP contribution is 2.23. The van der Waals surface area contributed by atoms with Crippen molar-refractivity contribution in [1.29, 1.82) is 0 Å². The number of carbonyl (C=O) groups is 1. The molecule has 1 aliphatic rings. The molecule has 3 aromatic rings. The molecule has 1 heterocycles. The van der Waals surface area contributed by atoms with Crippen molar-refractivity contribution < 1.29 is 4.79 Å². The zero-order chi connectivity index (χ0) is 19.2. The number of nitrogens with zero attached hydrogens (tertiary/aromatic N) is 3. The Bertz CT molecular complexity index is 918. The highest BCUT2D eigenvalue weighted by Gasteiger charge is 2.15. The Balaban J connectivity index is 1.68. The first-order valence-corrected chi connectivity index (χ1v) is 9.65. The standard InChI is InChI=1S/C23H22N4O/c28-23(27-26-19-14-8-3-9-15-19)22-24-20(17-10-4-1-5-11-17)16-21(25-22)18-12-6-2-7-13-18/h1-2,4-7,10-13,16H,3,8-9,14-15H2,(H,27,28). The van der Waals surface area contributed by atoms with Crippen molar-refractivity contribution in [2.24, 2.45) is 5.10 Å². The Hall–Kier alpha value is -3.34. The summed E-state index contributed by atoms with van der Waals surface area (Å²) >= 11 is 0. The topological polar surface area (TPSA) is 67.2 Å². The molecule has 0 unspecified atom stereocenters. The minimum Gasteiger partial charge on any atom is -0.264 e. The van der Waals surface area contributed by atoms with Crippen LogP contribution in [0.2, 0.25) is 0 Å². The van der Waals surface area contributed by atoms with Crippen LogP contribution in [0.5, 0.6) is 0 Å². The van der Waals surface area contributed by atoms with Crippen LogP contribution in [-0.2, 0) is 0 Å². The van der Waals surface area contributed by atoms with Crippen molar-refractivity contribution in [3.05, 3.63) is 72.6 Å². The molecule has 5 heteroatoms. The summed E-state index contributed by atoms with van der Waals surface area (Å²) in [6.07, 6.45) is 5.39. The predicted octanol–water partition coefficient (Wildman–Crippen LogP) is 4.86. The molecule has 4 rings (SSSR count). The molecule has 1 aromatic heterocycles. The number of hydrogen-bond acceptors (Lipinski definition) is 4. The van der Waals surface area contributed by atoms with Gasteiger partial charge in [-0.15, -0.1) is 0 Å². The van der Waals surface area contributed by atoms with E-state index in [1.54, 1.807) is 0 Å². The molecule has 1 saturated carbocycles. The van der Waals surface area contributed by atoms with Crippen LogP contribution in [-0.4, -0.2) is 21.6 Å². The number of rotatable bonds is 4. The van der Waals surface area contributed by atoms with Gasteiger partial charge in [-0.25, -0.2) is 15.4 Å². The lowest BCUT2D eigenvalue weighted by atomic mass is 9.99. The normalized spacial score (nSPS) is 13.8. The van der Waals surface area contributed by atoms with Crippen LogP contribution < -0.4 is 5.43 Å². The summed E-state index contributed by atoms with van der Waals surface area (Å²) < 4.78 is 0. The number of hydrazone groups is 1. The Labute approximate surface area is 164 Å². The highest BCUT2D eigenvalue weighted by atomic mass is 16.2. The Morgan fingerprint density at radius 3 is 1.86 bits per heavy atom. The van der Waals surface area contributed by atoms with E-state index in [1.807, 2.05) is 66.7 Å². The van der Waals surface area contributed by atoms with Crippen molar-refractivity contribution in [2.75, 3.05) is 0 Å². The molecule has 1 amide bonds. The van der Waals surface area contributed by atoms with Crippen LogP contribution in [0.4, 0.5) is 0 Å². The van der Waals surface area contributed by atoms with Gasteiger partial charge in [-0.2, -0.15) is 5.10 Å². The lowest BCUT2D eigenvalue weighted by Crippen LogP contribution is -2.23. The smallest absolute Gasteiger partial charge is 0.264 e. The molecular formula is C23H22N4O. The minimum absolute atomic E-state index is 0.125. The van der Waals surface area contributed by atoms with Crippen LogP contribution in [0.1, 0.15) is 42.7 Å². The lowest BCUT2D eigenvalue weighted by molar-refractivity contribution is 0.0944. The molecule has 0 radical (unpaired) electrons. The number of carbonyl (C=O) groups excluding carboxylic acids is 1. The van der Waals surface area contributed by atoms with Gasteiger partial charge in [0, 0.05) is 16.8 Å². The summed E-state index contributed by atoms with van der Waals surface area (Å²) in [5, 5.41) is 4.30. The van der Waals surface area contributed by atoms with E-state index in [1.165, 1.54) is 6.42 Å². The third-order valence-electron chi connectivity index (χ3n) is 4.81. The number of nitrogens with one attached hydrogen (secondary N) is 1. The van der Waals surface area contributed by atoms with Crippen molar-refractivity contribution in [3.63, 3.8) is 0 Å².